The van der Waals surface area contributed by atoms with Crippen molar-refractivity contribution in [2.75, 3.05) is 0 Å². The van der Waals surface area contributed by atoms with Gasteiger partial charge in [0.2, 0.25) is 0 Å². The predicted molar refractivity (Wildman–Crippen MR) is 68.3 cm³/mol. The number of hydrogen-bond donors (Lipinski definition) is 1. The van der Waals surface area contributed by atoms with E-state index in [4.69, 9.17) is 16.7 Å². The van der Waals surface area contributed by atoms with Crippen LogP contribution in [-0.2, 0) is 0 Å². The van der Waals surface area contributed by atoms with Crippen LogP contribution in [0.4, 0.5) is 0 Å². The molecule has 0 aliphatic rings. The van der Waals surface area contributed by atoms with Crippen molar-refractivity contribution in [2.24, 2.45) is 0 Å². The summed E-state index contributed by atoms with van der Waals surface area (Å²) in [5.74, 6) is -1.04. The summed E-state index contributed by atoms with van der Waals surface area (Å²) in [6.45, 7) is 0. The number of carboxylic acid groups (broad SMARTS) is 1. The topological polar surface area (TPSA) is 67.5 Å². The Morgan fingerprint density at radius 1 is 1.39 bits per heavy atom. The van der Waals surface area contributed by atoms with Crippen molar-refractivity contribution < 1.29 is 9.90 Å². The lowest BCUT2D eigenvalue weighted by molar-refractivity contribution is 0.0699. The molecule has 3 aromatic rings. The van der Waals surface area contributed by atoms with E-state index >= 15 is 0 Å². The number of aromatic carboxylic acids is 1. The molecule has 0 unspecified atom stereocenters. The summed E-state index contributed by atoms with van der Waals surface area (Å²) >= 11 is 7.30. The molecule has 0 aliphatic heterocycles. The zero-order valence-electron chi connectivity index (χ0n) is 8.87. The lowest BCUT2D eigenvalue weighted by Crippen LogP contribution is -1.98. The molecule has 0 amide bonds. The van der Waals surface area contributed by atoms with Crippen molar-refractivity contribution in [3.05, 3.63) is 40.5 Å². The maximum atomic E-state index is 11.0. The quantitative estimate of drug-likeness (QED) is 0.783. The zero-order chi connectivity index (χ0) is 12.7. The second-order valence-electron chi connectivity index (χ2n) is 3.53. The normalized spacial score (nSPS) is 10.9. The van der Waals surface area contributed by atoms with Gasteiger partial charge in [0.05, 0.1) is 21.1 Å². The van der Waals surface area contributed by atoms with E-state index in [0.29, 0.717) is 9.98 Å². The molecule has 7 heteroatoms. The van der Waals surface area contributed by atoms with E-state index in [0.717, 1.165) is 10.6 Å². The van der Waals surface area contributed by atoms with E-state index in [1.807, 2.05) is 6.07 Å². The van der Waals surface area contributed by atoms with Crippen LogP contribution < -0.4 is 0 Å². The predicted octanol–water partition coefficient (Wildman–Crippen LogP) is 2.81. The van der Waals surface area contributed by atoms with Crippen LogP contribution in [0.2, 0.25) is 4.34 Å². The van der Waals surface area contributed by atoms with Crippen molar-refractivity contribution in [1.82, 2.24) is 14.6 Å². The van der Waals surface area contributed by atoms with Crippen LogP contribution in [0.25, 0.3) is 16.2 Å². The largest absolute Gasteiger partial charge is 0.477 e. The molecule has 0 radical (unpaired) electrons. The van der Waals surface area contributed by atoms with Crippen molar-refractivity contribution in [1.29, 1.82) is 0 Å². The average molecular weight is 280 g/mol. The number of carbonyl (C=O) groups is 1. The molecule has 3 aromatic heterocycles. The molecule has 0 atom stereocenters. The van der Waals surface area contributed by atoms with E-state index in [9.17, 15) is 4.79 Å². The Morgan fingerprint density at radius 2 is 2.22 bits per heavy atom. The van der Waals surface area contributed by atoms with Crippen LogP contribution >= 0.6 is 22.9 Å². The molecule has 0 saturated carbocycles. The maximum absolute atomic E-state index is 11.0. The Kier molecular flexibility index (Phi) is 2.53. The van der Waals surface area contributed by atoms with Crippen molar-refractivity contribution in [2.45, 2.75) is 0 Å². The Labute approximate surface area is 110 Å². The standard InChI is InChI=1S/C11H6ClN3O2S/c12-9-2-1-8(18-9)7-3-4-13-10-6(11(16)17)5-14-15(7)10/h1-5H,(H,16,17). The number of rotatable bonds is 2. The van der Waals surface area contributed by atoms with Crippen LogP contribution in [-0.4, -0.2) is 25.7 Å². The molecule has 0 aliphatic carbocycles. The minimum Gasteiger partial charge on any atom is -0.477 e. The third-order valence-corrected chi connectivity index (χ3v) is 3.71. The van der Waals surface area contributed by atoms with Crippen LogP contribution in [0.1, 0.15) is 10.4 Å². The van der Waals surface area contributed by atoms with Gasteiger partial charge in [0.1, 0.15) is 5.56 Å². The highest BCUT2D eigenvalue weighted by Crippen LogP contribution is 2.31. The molecule has 18 heavy (non-hydrogen) atoms. The Balaban J connectivity index is 2.28. The van der Waals surface area contributed by atoms with Gasteiger partial charge in [-0.25, -0.2) is 14.3 Å². The maximum Gasteiger partial charge on any atom is 0.341 e. The third kappa shape index (κ3) is 1.66. The fourth-order valence-corrected chi connectivity index (χ4v) is 2.73. The van der Waals surface area contributed by atoms with Gasteiger partial charge in [-0.1, -0.05) is 11.6 Å². The Hall–Kier alpha value is -1.92. The molecule has 3 heterocycles. The first-order valence-electron chi connectivity index (χ1n) is 4.98. The molecular weight excluding hydrogens is 274 g/mol. The number of carboxylic acids is 1. The van der Waals surface area contributed by atoms with Crippen molar-refractivity contribution in [3.63, 3.8) is 0 Å². The summed E-state index contributed by atoms with van der Waals surface area (Å²) in [6, 6.07) is 5.42. The van der Waals surface area contributed by atoms with E-state index < -0.39 is 5.97 Å². The summed E-state index contributed by atoms with van der Waals surface area (Å²) in [6.07, 6.45) is 2.86. The lowest BCUT2D eigenvalue weighted by Gasteiger charge is -2.01. The van der Waals surface area contributed by atoms with Gasteiger partial charge in [-0.05, 0) is 18.2 Å². The SMILES string of the molecule is O=C(O)c1cnn2c(-c3ccc(Cl)s3)ccnc12. The highest BCUT2D eigenvalue weighted by molar-refractivity contribution is 7.19. The third-order valence-electron chi connectivity index (χ3n) is 2.46. The second-order valence-corrected chi connectivity index (χ2v) is 5.25. The summed E-state index contributed by atoms with van der Waals surface area (Å²) in [7, 11) is 0. The van der Waals surface area contributed by atoms with Gasteiger partial charge in [0, 0.05) is 6.20 Å². The fourth-order valence-electron chi connectivity index (χ4n) is 1.68. The molecule has 3 rings (SSSR count). The van der Waals surface area contributed by atoms with Gasteiger partial charge in [-0.3, -0.25) is 0 Å². The number of hydrogen-bond acceptors (Lipinski definition) is 4. The molecular formula is C11H6ClN3O2S. The smallest absolute Gasteiger partial charge is 0.341 e. The van der Waals surface area contributed by atoms with E-state index in [-0.39, 0.29) is 5.56 Å². The second kappa shape index (κ2) is 4.08. The first-order chi connectivity index (χ1) is 8.66. The van der Waals surface area contributed by atoms with Gasteiger partial charge in [-0.2, -0.15) is 5.10 Å². The first kappa shape index (κ1) is 11.2. The molecule has 1 N–H and O–H groups in total. The monoisotopic (exact) mass is 279 g/mol. The van der Waals surface area contributed by atoms with Crippen molar-refractivity contribution >= 4 is 34.6 Å². The number of thiophene rings is 1. The van der Waals surface area contributed by atoms with Crippen LogP contribution in [0.3, 0.4) is 0 Å². The Bertz CT molecular complexity index is 750. The minimum atomic E-state index is -1.04. The number of halogens is 1. The van der Waals surface area contributed by atoms with E-state index in [1.165, 1.54) is 22.0 Å². The molecule has 0 bridgehead atoms. The van der Waals surface area contributed by atoms with Crippen LogP contribution in [0.15, 0.2) is 30.6 Å². The molecule has 0 aromatic carbocycles. The van der Waals surface area contributed by atoms with Gasteiger partial charge in [0.25, 0.3) is 0 Å². The summed E-state index contributed by atoms with van der Waals surface area (Å²) in [4.78, 5) is 16.0. The van der Waals surface area contributed by atoms with E-state index in [2.05, 4.69) is 10.1 Å². The fraction of sp³-hybridized carbons (Fsp3) is 0. The van der Waals surface area contributed by atoms with Gasteiger partial charge in [-0.15, -0.1) is 11.3 Å². The summed E-state index contributed by atoms with van der Waals surface area (Å²) in [5, 5.41) is 13.1. The van der Waals surface area contributed by atoms with Crippen LogP contribution in [0.5, 0.6) is 0 Å². The average Bonchev–Trinajstić information content (AvgIpc) is 2.94. The van der Waals surface area contributed by atoms with Crippen LogP contribution in [0, 0.1) is 0 Å². The minimum absolute atomic E-state index is 0.0829. The molecule has 0 spiro atoms. The van der Waals surface area contributed by atoms with E-state index in [1.54, 1.807) is 18.3 Å². The Morgan fingerprint density at radius 3 is 2.89 bits per heavy atom. The number of fused-ring (bicyclic) bond motifs is 1. The highest BCUT2D eigenvalue weighted by Gasteiger charge is 2.15. The molecule has 0 saturated heterocycles. The molecule has 5 nitrogen and oxygen atoms in total. The van der Waals surface area contributed by atoms with Gasteiger partial charge >= 0.3 is 5.97 Å². The highest BCUT2D eigenvalue weighted by atomic mass is 35.5. The molecule has 0 fully saturated rings. The number of nitrogens with zero attached hydrogens (tertiary/aromatic N) is 3. The first-order valence-corrected chi connectivity index (χ1v) is 6.18. The summed E-state index contributed by atoms with van der Waals surface area (Å²) in [5.41, 5.74) is 1.17. The van der Waals surface area contributed by atoms with Gasteiger partial charge in [0.15, 0.2) is 5.65 Å². The summed E-state index contributed by atoms with van der Waals surface area (Å²) < 4.78 is 2.17. The lowest BCUT2D eigenvalue weighted by atomic mass is 10.3. The number of aromatic nitrogens is 3. The van der Waals surface area contributed by atoms with Crippen molar-refractivity contribution in [3.8, 4) is 10.6 Å². The van der Waals surface area contributed by atoms with Gasteiger partial charge < -0.3 is 5.11 Å². The molecule has 90 valence electrons. The zero-order valence-corrected chi connectivity index (χ0v) is 10.4.